The quantitative estimate of drug-likeness (QED) is 0.782. The lowest BCUT2D eigenvalue weighted by Crippen LogP contribution is -2.05. The van der Waals surface area contributed by atoms with Gasteiger partial charge in [0.1, 0.15) is 5.82 Å². The summed E-state index contributed by atoms with van der Waals surface area (Å²) in [5, 5.41) is 14.7. The van der Waals surface area contributed by atoms with Crippen LogP contribution < -0.4 is 5.56 Å². The first-order valence-electron chi connectivity index (χ1n) is 4.46. The third kappa shape index (κ3) is 1.96. The monoisotopic (exact) mass is 215 g/mol. The van der Waals surface area contributed by atoms with Gasteiger partial charge in [-0.25, -0.2) is 9.49 Å². The number of halogens is 1. The number of nitriles is 1. The van der Waals surface area contributed by atoms with Gasteiger partial charge in [-0.15, -0.1) is 0 Å². The number of hydrogen-bond acceptors (Lipinski definition) is 3. The van der Waals surface area contributed by atoms with Crippen LogP contribution in [0.1, 0.15) is 5.56 Å². The van der Waals surface area contributed by atoms with Gasteiger partial charge in [0.25, 0.3) is 5.56 Å². The van der Waals surface area contributed by atoms with Gasteiger partial charge in [-0.05, 0) is 24.3 Å². The van der Waals surface area contributed by atoms with E-state index in [2.05, 4.69) is 10.2 Å². The second-order valence-corrected chi connectivity index (χ2v) is 3.15. The van der Waals surface area contributed by atoms with Crippen molar-refractivity contribution in [2.75, 3.05) is 0 Å². The van der Waals surface area contributed by atoms with Crippen molar-refractivity contribution < 1.29 is 4.39 Å². The van der Waals surface area contributed by atoms with Crippen LogP contribution in [0.3, 0.4) is 0 Å². The number of aromatic amines is 1. The lowest BCUT2D eigenvalue weighted by molar-refractivity contribution is 0.627. The van der Waals surface area contributed by atoms with Crippen LogP contribution in [-0.4, -0.2) is 10.2 Å². The largest absolute Gasteiger partial charge is 0.268 e. The maximum absolute atomic E-state index is 13.1. The van der Waals surface area contributed by atoms with Crippen molar-refractivity contribution in [2.24, 2.45) is 0 Å². The van der Waals surface area contributed by atoms with Crippen molar-refractivity contribution in [3.05, 3.63) is 52.1 Å². The number of nitrogens with zero attached hydrogens (tertiary/aromatic N) is 2. The molecule has 2 aromatic rings. The van der Waals surface area contributed by atoms with Gasteiger partial charge < -0.3 is 0 Å². The molecular formula is C11H6FN3O. The average Bonchev–Trinajstić information content (AvgIpc) is 2.29. The van der Waals surface area contributed by atoms with E-state index in [1.807, 2.05) is 6.07 Å². The van der Waals surface area contributed by atoms with Crippen LogP contribution in [0.15, 0.2) is 35.1 Å². The van der Waals surface area contributed by atoms with Crippen LogP contribution in [0.5, 0.6) is 0 Å². The number of benzene rings is 1. The summed E-state index contributed by atoms with van der Waals surface area (Å²) in [4.78, 5) is 10.8. The summed E-state index contributed by atoms with van der Waals surface area (Å²) in [7, 11) is 0. The van der Waals surface area contributed by atoms with Crippen molar-refractivity contribution in [3.63, 3.8) is 0 Å². The number of rotatable bonds is 1. The van der Waals surface area contributed by atoms with Gasteiger partial charge in [0, 0.05) is 11.6 Å². The molecule has 0 radical (unpaired) electrons. The van der Waals surface area contributed by atoms with Gasteiger partial charge in [-0.2, -0.15) is 10.4 Å². The number of H-pyrrole nitrogens is 1. The summed E-state index contributed by atoms with van der Waals surface area (Å²) < 4.78 is 13.1. The molecule has 2 rings (SSSR count). The molecule has 0 aliphatic heterocycles. The van der Waals surface area contributed by atoms with Gasteiger partial charge >= 0.3 is 0 Å². The van der Waals surface area contributed by atoms with Crippen molar-refractivity contribution in [2.45, 2.75) is 0 Å². The molecule has 0 saturated heterocycles. The van der Waals surface area contributed by atoms with Gasteiger partial charge in [0.2, 0.25) is 0 Å². The van der Waals surface area contributed by atoms with Crippen LogP contribution in [0.4, 0.5) is 4.39 Å². The maximum atomic E-state index is 13.1. The molecule has 1 N–H and O–H groups in total. The first-order chi connectivity index (χ1) is 7.69. The molecule has 16 heavy (non-hydrogen) atoms. The fraction of sp³-hybridized carbons (Fsp3) is 0. The summed E-state index contributed by atoms with van der Waals surface area (Å²) in [6, 6.07) is 8.50. The zero-order chi connectivity index (χ0) is 11.5. The van der Waals surface area contributed by atoms with Crippen molar-refractivity contribution in [3.8, 4) is 17.3 Å². The summed E-state index contributed by atoms with van der Waals surface area (Å²) in [6.45, 7) is 0. The van der Waals surface area contributed by atoms with Crippen molar-refractivity contribution in [1.29, 1.82) is 5.26 Å². The van der Waals surface area contributed by atoms with Crippen molar-refractivity contribution in [1.82, 2.24) is 10.2 Å². The molecule has 1 aromatic heterocycles. The molecule has 0 saturated carbocycles. The van der Waals surface area contributed by atoms with Crippen LogP contribution in [0.2, 0.25) is 0 Å². The average molecular weight is 215 g/mol. The van der Waals surface area contributed by atoms with Crippen LogP contribution in [-0.2, 0) is 0 Å². The van der Waals surface area contributed by atoms with E-state index in [0.29, 0.717) is 11.3 Å². The molecule has 0 aliphatic rings. The topological polar surface area (TPSA) is 69.5 Å². The molecular weight excluding hydrogens is 209 g/mol. The Morgan fingerprint density at radius 3 is 2.75 bits per heavy atom. The highest BCUT2D eigenvalue weighted by molar-refractivity contribution is 5.60. The second-order valence-electron chi connectivity index (χ2n) is 3.15. The minimum Gasteiger partial charge on any atom is -0.268 e. The van der Waals surface area contributed by atoms with E-state index < -0.39 is 5.82 Å². The van der Waals surface area contributed by atoms with Gasteiger partial charge in [0.05, 0.1) is 17.3 Å². The minimum atomic E-state index is -0.512. The lowest BCUT2D eigenvalue weighted by Gasteiger charge is -2.00. The van der Waals surface area contributed by atoms with Crippen molar-refractivity contribution >= 4 is 0 Å². The third-order valence-corrected chi connectivity index (χ3v) is 2.00. The Hall–Kier alpha value is -2.48. The zero-order valence-electron chi connectivity index (χ0n) is 8.07. The summed E-state index contributed by atoms with van der Waals surface area (Å²) in [6.07, 6.45) is 0. The highest BCUT2D eigenvalue weighted by Crippen LogP contribution is 2.18. The molecule has 1 aromatic carbocycles. The predicted molar refractivity (Wildman–Crippen MR) is 55.0 cm³/mol. The summed E-state index contributed by atoms with van der Waals surface area (Å²) in [5.41, 5.74) is 0.743. The fourth-order valence-corrected chi connectivity index (χ4v) is 1.31. The Morgan fingerprint density at radius 1 is 1.31 bits per heavy atom. The smallest absolute Gasteiger partial charge is 0.264 e. The predicted octanol–water partition coefficient (Wildman–Crippen LogP) is 1.45. The molecule has 78 valence electrons. The number of hydrogen-bond donors (Lipinski definition) is 1. The molecule has 0 aliphatic carbocycles. The Morgan fingerprint density at radius 2 is 2.12 bits per heavy atom. The maximum Gasteiger partial charge on any atom is 0.264 e. The molecule has 0 fully saturated rings. The standard InChI is InChI=1S/C11H6FN3O/c12-9-4-7(6-13)3-8(5-9)10-1-2-11(16)15-14-10/h1-5H,(H,15,16). The highest BCUT2D eigenvalue weighted by Gasteiger charge is 2.04. The SMILES string of the molecule is N#Cc1cc(F)cc(-c2ccc(=O)[nH]n2)c1. The normalized spacial score (nSPS) is 9.75. The fourth-order valence-electron chi connectivity index (χ4n) is 1.31. The Kier molecular flexibility index (Phi) is 2.48. The number of aromatic nitrogens is 2. The second kappa shape index (κ2) is 3.95. The number of nitrogens with one attached hydrogen (secondary N) is 1. The van der Waals surface area contributed by atoms with E-state index in [1.165, 1.54) is 24.3 Å². The van der Waals surface area contributed by atoms with E-state index in [9.17, 15) is 9.18 Å². The molecule has 0 unspecified atom stereocenters. The minimum absolute atomic E-state index is 0.211. The molecule has 1 heterocycles. The van der Waals surface area contributed by atoms with E-state index in [1.54, 1.807) is 0 Å². The van der Waals surface area contributed by atoms with E-state index in [-0.39, 0.29) is 11.1 Å². The van der Waals surface area contributed by atoms with E-state index in [4.69, 9.17) is 5.26 Å². The van der Waals surface area contributed by atoms with E-state index >= 15 is 0 Å². The van der Waals surface area contributed by atoms with E-state index in [0.717, 1.165) is 6.07 Å². The first-order valence-corrected chi connectivity index (χ1v) is 4.46. The molecule has 0 bridgehead atoms. The summed E-state index contributed by atoms with van der Waals surface area (Å²) in [5.74, 6) is -0.512. The summed E-state index contributed by atoms with van der Waals surface area (Å²) >= 11 is 0. The Bertz CT molecular complexity index is 607. The van der Waals surface area contributed by atoms with Gasteiger partial charge in [-0.1, -0.05) is 0 Å². The van der Waals surface area contributed by atoms with Crippen LogP contribution in [0, 0.1) is 17.1 Å². The first kappa shape index (κ1) is 10.1. The molecule has 4 nitrogen and oxygen atoms in total. The molecule has 0 atom stereocenters. The van der Waals surface area contributed by atoms with Gasteiger partial charge in [0.15, 0.2) is 0 Å². The highest BCUT2D eigenvalue weighted by atomic mass is 19.1. The Labute approximate surface area is 90.0 Å². The lowest BCUT2D eigenvalue weighted by atomic mass is 10.1. The molecule has 5 heteroatoms. The Balaban J connectivity index is 2.56. The zero-order valence-corrected chi connectivity index (χ0v) is 8.07. The van der Waals surface area contributed by atoms with Crippen LogP contribution in [0.25, 0.3) is 11.3 Å². The van der Waals surface area contributed by atoms with Crippen LogP contribution >= 0.6 is 0 Å². The molecule has 0 amide bonds. The van der Waals surface area contributed by atoms with Gasteiger partial charge in [-0.3, -0.25) is 4.79 Å². The molecule has 0 spiro atoms. The third-order valence-electron chi connectivity index (χ3n) is 2.00.